The number of aryl methyl sites for hydroxylation is 2. The first kappa shape index (κ1) is 24.7. The Morgan fingerprint density at radius 2 is 1.91 bits per heavy atom. The monoisotopic (exact) mass is 497 g/mol. The number of ether oxygens (including phenoxy) is 1. The van der Waals surface area contributed by atoms with Crippen LogP contribution in [0, 0.1) is 12.7 Å². The first-order valence-corrected chi connectivity index (χ1v) is 13.0. The maximum atomic E-state index is 15.1. The Bertz CT molecular complexity index is 1360. The van der Waals surface area contributed by atoms with Crippen molar-refractivity contribution < 1.29 is 27.4 Å². The van der Waals surface area contributed by atoms with Gasteiger partial charge in [-0.05, 0) is 79.6 Å². The summed E-state index contributed by atoms with van der Waals surface area (Å²) in [5.74, 6) is -0.883. The van der Waals surface area contributed by atoms with Gasteiger partial charge in [-0.25, -0.2) is 12.8 Å². The standard InChI is InChI=1S/C27H28FNO5S/c1-3-34-27(31)16-12-19-11-13-20(17-23(19)28)29(35(32,33)26-10-5-4-7-18(26)2)24-15-14-22-21(24)8-6-9-25(22)30/h4-11,13,17,24,30H,3,12,14-16H2,1-2H3. The van der Waals surface area contributed by atoms with Gasteiger partial charge in [0, 0.05) is 6.42 Å². The van der Waals surface area contributed by atoms with Gasteiger partial charge in [-0.2, -0.15) is 0 Å². The summed E-state index contributed by atoms with van der Waals surface area (Å²) in [5, 5.41) is 10.3. The molecule has 3 aromatic carbocycles. The highest BCUT2D eigenvalue weighted by Gasteiger charge is 2.38. The van der Waals surface area contributed by atoms with Crippen LogP contribution in [0.25, 0.3) is 0 Å². The van der Waals surface area contributed by atoms with Crippen molar-refractivity contribution in [1.29, 1.82) is 0 Å². The minimum Gasteiger partial charge on any atom is -0.508 e. The molecule has 0 spiro atoms. The van der Waals surface area contributed by atoms with Crippen LogP contribution in [0.4, 0.5) is 10.1 Å². The average molecular weight is 498 g/mol. The predicted octanol–water partition coefficient (Wildman–Crippen LogP) is 5.22. The number of benzene rings is 3. The molecule has 4 rings (SSSR count). The van der Waals surface area contributed by atoms with E-state index < -0.39 is 27.9 Å². The van der Waals surface area contributed by atoms with E-state index in [1.165, 1.54) is 16.4 Å². The van der Waals surface area contributed by atoms with Crippen LogP contribution >= 0.6 is 0 Å². The van der Waals surface area contributed by atoms with Gasteiger partial charge < -0.3 is 9.84 Å². The molecule has 1 unspecified atom stereocenters. The summed E-state index contributed by atoms with van der Waals surface area (Å²) in [7, 11) is -4.08. The summed E-state index contributed by atoms with van der Waals surface area (Å²) < 4.78 is 49.3. The molecule has 35 heavy (non-hydrogen) atoms. The first-order chi connectivity index (χ1) is 16.7. The van der Waals surface area contributed by atoms with Crippen molar-refractivity contribution in [2.75, 3.05) is 10.9 Å². The van der Waals surface area contributed by atoms with Crippen LogP contribution in [0.1, 0.15) is 48.1 Å². The highest BCUT2D eigenvalue weighted by Crippen LogP contribution is 2.44. The molecule has 0 aromatic heterocycles. The number of carbonyl (C=O) groups excluding carboxylic acids is 1. The van der Waals surface area contributed by atoms with E-state index in [9.17, 15) is 18.3 Å². The van der Waals surface area contributed by atoms with Crippen LogP contribution in [0.3, 0.4) is 0 Å². The number of halogens is 1. The lowest BCUT2D eigenvalue weighted by atomic mass is 10.1. The Hall–Kier alpha value is -3.39. The SMILES string of the molecule is CCOC(=O)CCc1ccc(N(C2CCc3c(O)cccc32)S(=O)(=O)c2ccccc2C)cc1F. The molecule has 0 amide bonds. The number of nitrogens with zero attached hydrogens (tertiary/aromatic N) is 1. The fourth-order valence-electron chi connectivity index (χ4n) is 4.64. The minimum atomic E-state index is -4.08. The number of hydrogen-bond acceptors (Lipinski definition) is 5. The van der Waals surface area contributed by atoms with Gasteiger partial charge in [0.15, 0.2) is 0 Å². The summed E-state index contributed by atoms with van der Waals surface area (Å²) in [6, 6.07) is 15.4. The van der Waals surface area contributed by atoms with Crippen LogP contribution in [0.5, 0.6) is 5.75 Å². The topological polar surface area (TPSA) is 83.9 Å². The third-order valence-electron chi connectivity index (χ3n) is 6.32. The molecular formula is C27H28FNO5S. The van der Waals surface area contributed by atoms with E-state index in [1.54, 1.807) is 62.4 Å². The van der Waals surface area contributed by atoms with Crippen molar-refractivity contribution in [3.63, 3.8) is 0 Å². The lowest BCUT2D eigenvalue weighted by molar-refractivity contribution is -0.143. The number of sulfonamides is 1. The van der Waals surface area contributed by atoms with Gasteiger partial charge in [0.25, 0.3) is 10.0 Å². The molecule has 0 heterocycles. The summed E-state index contributed by atoms with van der Waals surface area (Å²) >= 11 is 0. The largest absolute Gasteiger partial charge is 0.508 e. The normalized spacial score (nSPS) is 15.0. The Morgan fingerprint density at radius 1 is 1.14 bits per heavy atom. The molecule has 3 aromatic rings. The Kier molecular flexibility index (Phi) is 7.12. The molecule has 0 radical (unpaired) electrons. The molecule has 1 atom stereocenters. The van der Waals surface area contributed by atoms with Crippen LogP contribution in [-0.2, 0) is 32.4 Å². The zero-order valence-electron chi connectivity index (χ0n) is 19.7. The van der Waals surface area contributed by atoms with Crippen LogP contribution in [0.15, 0.2) is 65.6 Å². The molecular weight excluding hydrogens is 469 g/mol. The van der Waals surface area contributed by atoms with E-state index in [4.69, 9.17) is 4.74 Å². The van der Waals surface area contributed by atoms with Gasteiger partial charge in [-0.15, -0.1) is 0 Å². The number of phenols is 1. The van der Waals surface area contributed by atoms with E-state index >= 15 is 4.39 Å². The van der Waals surface area contributed by atoms with Crippen LogP contribution in [0.2, 0.25) is 0 Å². The summed E-state index contributed by atoms with van der Waals surface area (Å²) in [5.41, 5.74) is 2.48. The van der Waals surface area contributed by atoms with Crippen LogP contribution in [-0.4, -0.2) is 26.1 Å². The second kappa shape index (κ2) is 10.1. The minimum absolute atomic E-state index is 0.0323. The quantitative estimate of drug-likeness (QED) is 0.432. The van der Waals surface area contributed by atoms with E-state index in [0.29, 0.717) is 35.1 Å². The highest BCUT2D eigenvalue weighted by atomic mass is 32.2. The number of aromatic hydroxyl groups is 1. The molecule has 0 bridgehead atoms. The van der Waals surface area contributed by atoms with E-state index in [0.717, 1.165) is 0 Å². The van der Waals surface area contributed by atoms with Crippen molar-refractivity contribution >= 4 is 21.7 Å². The number of anilines is 1. The van der Waals surface area contributed by atoms with Crippen LogP contribution < -0.4 is 4.31 Å². The van der Waals surface area contributed by atoms with E-state index in [1.807, 2.05) is 0 Å². The van der Waals surface area contributed by atoms with Gasteiger partial charge in [0.1, 0.15) is 11.6 Å². The lowest BCUT2D eigenvalue weighted by Gasteiger charge is -2.32. The molecule has 0 saturated heterocycles. The molecule has 0 aliphatic heterocycles. The number of rotatable bonds is 8. The molecule has 184 valence electrons. The van der Waals surface area contributed by atoms with Crippen molar-refractivity contribution in [1.82, 2.24) is 0 Å². The third-order valence-corrected chi connectivity index (χ3v) is 8.32. The van der Waals surface area contributed by atoms with Crippen molar-refractivity contribution in [3.05, 3.63) is 88.7 Å². The van der Waals surface area contributed by atoms with Gasteiger partial charge >= 0.3 is 5.97 Å². The molecule has 8 heteroatoms. The number of hydrogen-bond donors (Lipinski definition) is 1. The summed E-state index contributed by atoms with van der Waals surface area (Å²) in [4.78, 5) is 11.8. The fourth-order valence-corrected chi connectivity index (χ4v) is 6.52. The number of carbonyl (C=O) groups is 1. The van der Waals surface area contributed by atoms with E-state index in [-0.39, 0.29) is 35.8 Å². The third kappa shape index (κ3) is 4.89. The summed E-state index contributed by atoms with van der Waals surface area (Å²) in [6.07, 6.45) is 1.14. The zero-order chi connectivity index (χ0) is 25.2. The maximum Gasteiger partial charge on any atom is 0.306 e. The van der Waals surface area contributed by atoms with Gasteiger partial charge in [0.05, 0.1) is 23.2 Å². The van der Waals surface area contributed by atoms with Gasteiger partial charge in [0.2, 0.25) is 0 Å². The average Bonchev–Trinajstić information content (AvgIpc) is 3.24. The fraction of sp³-hybridized carbons (Fsp3) is 0.296. The van der Waals surface area contributed by atoms with Crippen molar-refractivity contribution in [2.45, 2.75) is 50.5 Å². The molecule has 1 N–H and O–H groups in total. The molecule has 1 aliphatic carbocycles. The van der Waals surface area contributed by atoms with E-state index in [2.05, 4.69) is 0 Å². The second-order valence-electron chi connectivity index (χ2n) is 8.55. The Labute approximate surface area is 205 Å². The number of phenolic OH excluding ortho intramolecular Hbond substituents is 1. The number of fused-ring (bicyclic) bond motifs is 1. The van der Waals surface area contributed by atoms with Crippen molar-refractivity contribution in [2.24, 2.45) is 0 Å². The smallest absolute Gasteiger partial charge is 0.306 e. The first-order valence-electron chi connectivity index (χ1n) is 11.6. The van der Waals surface area contributed by atoms with Gasteiger partial charge in [-0.3, -0.25) is 9.10 Å². The van der Waals surface area contributed by atoms with Crippen molar-refractivity contribution in [3.8, 4) is 5.75 Å². The molecule has 1 aliphatic rings. The molecule has 0 saturated carbocycles. The summed E-state index contributed by atoms with van der Waals surface area (Å²) in [6.45, 7) is 3.68. The second-order valence-corrected chi connectivity index (χ2v) is 10.3. The van der Waals surface area contributed by atoms with Gasteiger partial charge in [-0.1, -0.05) is 36.4 Å². The molecule has 6 nitrogen and oxygen atoms in total. The lowest BCUT2D eigenvalue weighted by Crippen LogP contribution is -2.34. The Morgan fingerprint density at radius 3 is 2.63 bits per heavy atom. The Balaban J connectivity index is 1.78. The maximum absolute atomic E-state index is 15.1. The molecule has 0 fully saturated rings. The zero-order valence-corrected chi connectivity index (χ0v) is 20.5. The number of esters is 1. The highest BCUT2D eigenvalue weighted by molar-refractivity contribution is 7.92. The predicted molar refractivity (Wildman–Crippen MR) is 131 cm³/mol.